The minimum atomic E-state index is -4.05. The number of rotatable bonds is 20. The molecule has 1 aliphatic heterocycles. The first-order valence-corrected chi connectivity index (χ1v) is 21.7. The van der Waals surface area contributed by atoms with Gasteiger partial charge in [-0.05, 0) is 54.4 Å². The van der Waals surface area contributed by atoms with Gasteiger partial charge in [0.25, 0.3) is 0 Å². The van der Waals surface area contributed by atoms with Crippen molar-refractivity contribution in [3.8, 4) is 0 Å². The average molecular weight is 796 g/mol. The Labute approximate surface area is 329 Å². The molecule has 0 spiro atoms. The van der Waals surface area contributed by atoms with E-state index in [0.717, 1.165) is 41.9 Å². The smallest absolute Gasteiger partial charge is 0.321 e. The number of benzene rings is 2. The van der Waals surface area contributed by atoms with Gasteiger partial charge in [-0.25, -0.2) is 18.2 Å². The summed E-state index contributed by atoms with van der Waals surface area (Å²) >= 11 is 1.55. The number of thiazole rings is 1. The van der Waals surface area contributed by atoms with E-state index in [1.54, 1.807) is 33.3 Å². The van der Waals surface area contributed by atoms with Crippen LogP contribution in [0.3, 0.4) is 0 Å². The average Bonchev–Trinajstić information content (AvgIpc) is 3.94. The molecule has 13 nitrogen and oxygen atoms in total. The van der Waals surface area contributed by atoms with Crippen molar-refractivity contribution in [1.29, 1.82) is 0 Å². The molecule has 1 saturated carbocycles. The van der Waals surface area contributed by atoms with Crippen LogP contribution in [0.5, 0.6) is 0 Å². The van der Waals surface area contributed by atoms with Crippen molar-refractivity contribution in [3.05, 3.63) is 81.8 Å². The van der Waals surface area contributed by atoms with Gasteiger partial charge in [0.15, 0.2) is 0 Å². The van der Waals surface area contributed by atoms with Crippen molar-refractivity contribution in [3.63, 3.8) is 0 Å². The molecular formula is C40H57N7O6S2. The zero-order valence-corrected chi connectivity index (χ0v) is 34.0. The van der Waals surface area contributed by atoms with Crippen molar-refractivity contribution < 1.29 is 28.3 Å². The van der Waals surface area contributed by atoms with Crippen LogP contribution >= 0.6 is 11.3 Å². The van der Waals surface area contributed by atoms with Crippen molar-refractivity contribution in [1.82, 2.24) is 29.7 Å². The Morgan fingerprint density at radius 3 is 2.45 bits per heavy atom. The van der Waals surface area contributed by atoms with Gasteiger partial charge < -0.3 is 30.7 Å². The number of hydrogen-bond acceptors (Lipinski definition) is 10. The highest BCUT2D eigenvalue weighted by Gasteiger charge is 2.41. The molecule has 55 heavy (non-hydrogen) atoms. The maximum absolute atomic E-state index is 14.4. The van der Waals surface area contributed by atoms with Crippen LogP contribution in [0.4, 0.5) is 4.79 Å². The van der Waals surface area contributed by atoms with Crippen molar-refractivity contribution >= 4 is 39.5 Å². The number of urea groups is 1. The molecule has 0 radical (unpaired) electrons. The fourth-order valence-corrected chi connectivity index (χ4v) is 9.64. The lowest BCUT2D eigenvalue weighted by Crippen LogP contribution is -2.57. The molecular weight excluding hydrogens is 739 g/mol. The normalized spacial score (nSPS) is 17.8. The molecule has 2 aliphatic rings. The number of hydrogen-bond donors (Lipinski definition) is 4. The number of nitrogens with one attached hydrogen (secondary N) is 2. The van der Waals surface area contributed by atoms with Gasteiger partial charge in [0.1, 0.15) is 11.0 Å². The highest BCUT2D eigenvalue weighted by Crippen LogP contribution is 2.29. The summed E-state index contributed by atoms with van der Waals surface area (Å²) in [5.74, 6) is -0.424. The number of aliphatic hydroxyl groups excluding tert-OH is 1. The number of sulfonamides is 1. The SMILES string of the molecule is CC[C@H](C)[C@H](C(=O)N[C@@H](Cc1ccccc1)[C@@H](O)CN(CC1CCCC1)S(=O)(=O)c1ccc(C=NO)cc1)N1CCN(Cc2csc(CNC(C)C)n2)C1=O. The second-order valence-corrected chi connectivity index (χ2v) is 18.0. The van der Waals surface area contributed by atoms with E-state index in [1.165, 1.54) is 22.7 Å². The molecule has 0 bridgehead atoms. The van der Waals surface area contributed by atoms with E-state index in [-0.39, 0.29) is 48.2 Å². The molecule has 2 heterocycles. The Morgan fingerprint density at radius 2 is 1.80 bits per heavy atom. The monoisotopic (exact) mass is 795 g/mol. The van der Waals surface area contributed by atoms with Crippen molar-refractivity contribution in [2.45, 2.75) is 108 Å². The van der Waals surface area contributed by atoms with E-state index >= 15 is 0 Å². The Morgan fingerprint density at radius 1 is 1.09 bits per heavy atom. The summed E-state index contributed by atoms with van der Waals surface area (Å²) in [6, 6.07) is 14.0. The fourth-order valence-electron chi connectivity index (χ4n) is 7.37. The van der Waals surface area contributed by atoms with E-state index < -0.39 is 28.2 Å². The molecule has 4 atom stereocenters. The number of nitrogens with zero attached hydrogens (tertiary/aromatic N) is 5. The van der Waals surface area contributed by atoms with Gasteiger partial charge in [0.2, 0.25) is 15.9 Å². The minimum absolute atomic E-state index is 0.0615. The number of aliphatic hydroxyl groups is 1. The van der Waals surface area contributed by atoms with Crippen LogP contribution in [0.2, 0.25) is 0 Å². The molecule has 3 amide bonds. The van der Waals surface area contributed by atoms with Gasteiger partial charge in [-0.2, -0.15) is 4.31 Å². The lowest BCUT2D eigenvalue weighted by atomic mass is 9.95. The van der Waals surface area contributed by atoms with Crippen molar-refractivity contribution in [2.24, 2.45) is 17.0 Å². The Balaban J connectivity index is 1.36. The summed E-state index contributed by atoms with van der Waals surface area (Å²) in [6.45, 7) is 9.93. The third-order valence-corrected chi connectivity index (χ3v) is 13.4. The lowest BCUT2D eigenvalue weighted by molar-refractivity contribution is -0.128. The molecule has 1 aliphatic carbocycles. The molecule has 1 aromatic heterocycles. The largest absolute Gasteiger partial charge is 0.411 e. The molecule has 300 valence electrons. The first-order chi connectivity index (χ1) is 26.4. The Hall–Kier alpha value is -3.89. The summed E-state index contributed by atoms with van der Waals surface area (Å²) in [7, 11) is -4.05. The summed E-state index contributed by atoms with van der Waals surface area (Å²) in [4.78, 5) is 36.5. The van der Waals surface area contributed by atoms with Crippen LogP contribution in [-0.4, -0.2) is 106 Å². The molecule has 4 N–H and O–H groups in total. The van der Waals surface area contributed by atoms with Gasteiger partial charge in [-0.1, -0.05) is 94.6 Å². The van der Waals surface area contributed by atoms with Gasteiger partial charge in [-0.3, -0.25) is 4.79 Å². The number of carbonyl (C=O) groups is 2. The first kappa shape index (κ1) is 42.3. The molecule has 15 heteroatoms. The molecule has 3 aromatic rings. The van der Waals surface area contributed by atoms with Crippen LogP contribution < -0.4 is 10.6 Å². The van der Waals surface area contributed by atoms with Gasteiger partial charge >= 0.3 is 6.03 Å². The summed E-state index contributed by atoms with van der Waals surface area (Å²) in [5, 5.41) is 33.3. The van der Waals surface area contributed by atoms with E-state index in [2.05, 4.69) is 29.6 Å². The molecule has 0 unspecified atom stereocenters. The minimum Gasteiger partial charge on any atom is -0.411 e. The van der Waals surface area contributed by atoms with Crippen LogP contribution in [-0.2, 0) is 34.3 Å². The topological polar surface area (TPSA) is 168 Å². The molecule has 1 saturated heterocycles. The molecule has 2 aromatic carbocycles. The van der Waals surface area contributed by atoms with E-state index in [9.17, 15) is 23.1 Å². The van der Waals surface area contributed by atoms with Crippen LogP contribution in [0.15, 0.2) is 70.0 Å². The van der Waals surface area contributed by atoms with Crippen LogP contribution in [0, 0.1) is 11.8 Å². The summed E-state index contributed by atoms with van der Waals surface area (Å²) < 4.78 is 29.7. The van der Waals surface area contributed by atoms with Crippen LogP contribution in [0.25, 0.3) is 0 Å². The third kappa shape index (κ3) is 11.3. The predicted octanol–water partition coefficient (Wildman–Crippen LogP) is 5.07. The van der Waals surface area contributed by atoms with E-state index in [4.69, 9.17) is 10.2 Å². The zero-order valence-electron chi connectivity index (χ0n) is 32.4. The van der Waals surface area contributed by atoms with Gasteiger partial charge in [0.05, 0.1) is 35.5 Å². The van der Waals surface area contributed by atoms with Crippen molar-refractivity contribution in [2.75, 3.05) is 26.2 Å². The number of aromatic nitrogens is 1. The van der Waals surface area contributed by atoms with Crippen LogP contribution in [0.1, 0.15) is 81.6 Å². The predicted molar refractivity (Wildman–Crippen MR) is 214 cm³/mol. The Kier molecular flexibility index (Phi) is 15.2. The first-order valence-electron chi connectivity index (χ1n) is 19.4. The highest BCUT2D eigenvalue weighted by atomic mass is 32.2. The fraction of sp³-hybridized carbons (Fsp3) is 0.550. The number of amides is 3. The number of oxime groups is 1. The maximum atomic E-state index is 14.4. The lowest BCUT2D eigenvalue weighted by Gasteiger charge is -2.35. The van der Waals surface area contributed by atoms with E-state index in [1.807, 2.05) is 49.6 Å². The second-order valence-electron chi connectivity index (χ2n) is 15.2. The van der Waals surface area contributed by atoms with Gasteiger partial charge in [-0.15, -0.1) is 11.3 Å². The standard InChI is InChI=1S/C40H57N7O6S2/c1-5-29(4)38(47-20-19-45(40(47)50)25-33-27-54-37(43-33)23-41-28(2)3)39(49)44-35(21-30-11-7-6-8-12-30)36(48)26-46(24-32-13-9-10-14-32)55(52,53)34-17-15-31(16-18-34)22-42-51/h6-8,11-12,15-18,22,27-29,32,35-36,38,41,48,51H,5,9-10,13-14,19-21,23-26H2,1-4H3,(H,44,49)/t29-,35-,36-,38+/m0/s1. The van der Waals surface area contributed by atoms with E-state index in [0.29, 0.717) is 44.2 Å². The highest BCUT2D eigenvalue weighted by molar-refractivity contribution is 7.89. The number of carbonyl (C=O) groups excluding carboxylic acids is 2. The zero-order chi connectivity index (χ0) is 39.5. The third-order valence-electron chi connectivity index (χ3n) is 10.7. The summed E-state index contributed by atoms with van der Waals surface area (Å²) in [5.41, 5.74) is 2.22. The maximum Gasteiger partial charge on any atom is 0.321 e. The quantitative estimate of drug-likeness (QED) is 0.0699. The molecule has 5 rings (SSSR count). The molecule has 2 fully saturated rings. The van der Waals surface area contributed by atoms with Gasteiger partial charge in [0, 0.05) is 44.1 Å². The summed E-state index contributed by atoms with van der Waals surface area (Å²) in [6.07, 6.45) is 4.68. The second kappa shape index (κ2) is 19.8. The Bertz CT molecular complexity index is 1820.